The molecule has 0 saturated heterocycles. The van der Waals surface area contributed by atoms with Crippen molar-refractivity contribution in [1.82, 2.24) is 20.4 Å². The fourth-order valence-corrected chi connectivity index (χ4v) is 2.94. The van der Waals surface area contributed by atoms with Crippen molar-refractivity contribution in [3.63, 3.8) is 0 Å². The number of benzene rings is 2. The zero-order valence-corrected chi connectivity index (χ0v) is 20.1. The van der Waals surface area contributed by atoms with E-state index in [0.29, 0.717) is 12.1 Å². The van der Waals surface area contributed by atoms with E-state index in [1.165, 1.54) is 12.7 Å². The number of esters is 1. The van der Waals surface area contributed by atoms with Gasteiger partial charge >= 0.3 is 5.97 Å². The summed E-state index contributed by atoms with van der Waals surface area (Å²) in [5.41, 5.74) is 3.85. The standard InChI is InChI=1S/C23H27N5O2.HI/c1-3-24-23(26-17-19-5-9-20(10-6-19)22(29)30-2)25-15-13-18-7-11-21(12-8-18)28-16-4-14-27-28;/h4-12,14,16H,3,13,15,17H2,1-2H3,(H2,24,25,26);1H. The number of halogens is 1. The molecule has 2 N–H and O–H groups in total. The number of rotatable bonds is 8. The number of nitrogens with zero attached hydrogens (tertiary/aromatic N) is 3. The molecule has 0 spiro atoms. The minimum Gasteiger partial charge on any atom is -0.465 e. The number of carbonyl (C=O) groups excluding carboxylic acids is 1. The summed E-state index contributed by atoms with van der Waals surface area (Å²) in [5, 5.41) is 10.9. The molecule has 0 aliphatic heterocycles. The molecule has 1 heterocycles. The Morgan fingerprint density at radius 3 is 2.39 bits per heavy atom. The van der Waals surface area contributed by atoms with E-state index in [2.05, 4.69) is 45.0 Å². The smallest absolute Gasteiger partial charge is 0.337 e. The van der Waals surface area contributed by atoms with Gasteiger partial charge in [-0.1, -0.05) is 24.3 Å². The van der Waals surface area contributed by atoms with Gasteiger partial charge in [-0.15, -0.1) is 24.0 Å². The van der Waals surface area contributed by atoms with Crippen LogP contribution in [0.1, 0.15) is 28.4 Å². The lowest BCUT2D eigenvalue weighted by Crippen LogP contribution is -2.38. The van der Waals surface area contributed by atoms with Gasteiger partial charge in [-0.05, 0) is 54.8 Å². The molecular weight excluding hydrogens is 505 g/mol. The largest absolute Gasteiger partial charge is 0.465 e. The molecule has 0 aliphatic carbocycles. The van der Waals surface area contributed by atoms with Crippen molar-refractivity contribution in [2.24, 2.45) is 4.99 Å². The van der Waals surface area contributed by atoms with Gasteiger partial charge in [-0.25, -0.2) is 14.5 Å². The second kappa shape index (κ2) is 12.7. The molecule has 164 valence electrons. The van der Waals surface area contributed by atoms with Crippen LogP contribution in [-0.4, -0.2) is 41.9 Å². The normalized spacial score (nSPS) is 10.8. The van der Waals surface area contributed by atoms with Crippen molar-refractivity contribution in [3.05, 3.63) is 83.7 Å². The van der Waals surface area contributed by atoms with E-state index >= 15 is 0 Å². The molecule has 0 radical (unpaired) electrons. The summed E-state index contributed by atoms with van der Waals surface area (Å²) in [6, 6.07) is 17.6. The number of guanidine groups is 1. The minimum absolute atomic E-state index is 0. The van der Waals surface area contributed by atoms with Crippen LogP contribution in [0.15, 0.2) is 72.0 Å². The van der Waals surface area contributed by atoms with Crippen LogP contribution < -0.4 is 10.6 Å². The topological polar surface area (TPSA) is 80.5 Å². The zero-order valence-electron chi connectivity index (χ0n) is 17.7. The fraction of sp³-hybridized carbons (Fsp3) is 0.261. The van der Waals surface area contributed by atoms with E-state index in [1.807, 2.05) is 36.0 Å². The monoisotopic (exact) mass is 533 g/mol. The van der Waals surface area contributed by atoms with Crippen LogP contribution in [0.5, 0.6) is 0 Å². The van der Waals surface area contributed by atoms with E-state index in [1.54, 1.807) is 18.3 Å². The second-order valence-corrected chi connectivity index (χ2v) is 6.68. The maximum atomic E-state index is 11.5. The van der Waals surface area contributed by atoms with Gasteiger partial charge in [0.05, 0.1) is 24.9 Å². The summed E-state index contributed by atoms with van der Waals surface area (Å²) in [5.74, 6) is 0.431. The number of ether oxygens (including phenoxy) is 1. The number of carbonyl (C=O) groups is 1. The highest BCUT2D eigenvalue weighted by atomic mass is 127. The highest BCUT2D eigenvalue weighted by Crippen LogP contribution is 2.09. The Balaban J connectivity index is 0.00000341. The number of aliphatic imine (C=N–C) groups is 1. The average molecular weight is 533 g/mol. The first-order valence-corrected chi connectivity index (χ1v) is 9.98. The van der Waals surface area contributed by atoms with E-state index in [0.717, 1.165) is 36.7 Å². The summed E-state index contributed by atoms with van der Waals surface area (Å²) in [4.78, 5) is 16.1. The number of methoxy groups -OCH3 is 1. The van der Waals surface area contributed by atoms with Crippen molar-refractivity contribution in [2.75, 3.05) is 20.2 Å². The third kappa shape index (κ3) is 7.39. The molecule has 8 heteroatoms. The number of hydrogen-bond acceptors (Lipinski definition) is 4. The van der Waals surface area contributed by atoms with Crippen molar-refractivity contribution < 1.29 is 9.53 Å². The Morgan fingerprint density at radius 1 is 1.06 bits per heavy atom. The molecule has 0 aliphatic rings. The quantitative estimate of drug-likeness (QED) is 0.200. The molecule has 0 bridgehead atoms. The average Bonchev–Trinajstić information content (AvgIpc) is 3.33. The molecule has 31 heavy (non-hydrogen) atoms. The number of aromatic nitrogens is 2. The molecule has 0 atom stereocenters. The Hall–Kier alpha value is -2.88. The van der Waals surface area contributed by atoms with E-state index in [9.17, 15) is 4.79 Å². The molecule has 0 saturated carbocycles. The Morgan fingerprint density at radius 2 is 1.77 bits per heavy atom. The van der Waals surface area contributed by atoms with Gasteiger partial charge in [-0.2, -0.15) is 5.10 Å². The van der Waals surface area contributed by atoms with Crippen molar-refractivity contribution in [2.45, 2.75) is 19.9 Å². The zero-order chi connectivity index (χ0) is 21.2. The highest BCUT2D eigenvalue weighted by molar-refractivity contribution is 14.0. The molecule has 0 fully saturated rings. The molecule has 7 nitrogen and oxygen atoms in total. The lowest BCUT2D eigenvalue weighted by atomic mass is 10.1. The first-order chi connectivity index (χ1) is 14.7. The Labute approximate surface area is 199 Å². The minimum atomic E-state index is -0.335. The van der Waals surface area contributed by atoms with Gasteiger partial charge in [0.1, 0.15) is 0 Å². The maximum absolute atomic E-state index is 11.5. The molecule has 3 aromatic rings. The lowest BCUT2D eigenvalue weighted by Gasteiger charge is -2.12. The summed E-state index contributed by atoms with van der Waals surface area (Å²) < 4.78 is 6.56. The summed E-state index contributed by atoms with van der Waals surface area (Å²) in [7, 11) is 1.38. The van der Waals surface area contributed by atoms with Crippen LogP contribution in [0.4, 0.5) is 0 Å². The van der Waals surface area contributed by atoms with Gasteiger partial charge in [0.25, 0.3) is 0 Å². The predicted octanol–water partition coefficient (Wildman–Crippen LogP) is 3.57. The molecule has 0 amide bonds. The number of hydrogen-bond donors (Lipinski definition) is 2. The SMILES string of the molecule is CCNC(=NCc1ccc(C(=O)OC)cc1)NCCc1ccc(-n2cccn2)cc1.I. The highest BCUT2D eigenvalue weighted by Gasteiger charge is 2.04. The van der Waals surface area contributed by atoms with Crippen LogP contribution in [0, 0.1) is 0 Å². The van der Waals surface area contributed by atoms with Gasteiger partial charge in [0, 0.05) is 25.5 Å². The summed E-state index contributed by atoms with van der Waals surface area (Å²) in [6.07, 6.45) is 4.59. The first kappa shape index (κ1) is 24.4. The Kier molecular flexibility index (Phi) is 10.0. The fourth-order valence-electron chi connectivity index (χ4n) is 2.94. The van der Waals surface area contributed by atoms with Crippen molar-refractivity contribution in [1.29, 1.82) is 0 Å². The molecule has 3 rings (SSSR count). The van der Waals surface area contributed by atoms with E-state index in [-0.39, 0.29) is 29.9 Å². The lowest BCUT2D eigenvalue weighted by molar-refractivity contribution is 0.0600. The summed E-state index contributed by atoms with van der Waals surface area (Å²) >= 11 is 0. The first-order valence-electron chi connectivity index (χ1n) is 9.98. The van der Waals surface area contributed by atoms with Crippen LogP contribution in [0.3, 0.4) is 0 Å². The Bertz CT molecular complexity index is 955. The third-order valence-electron chi connectivity index (χ3n) is 4.55. The van der Waals surface area contributed by atoms with Gasteiger partial charge in [0.15, 0.2) is 5.96 Å². The van der Waals surface area contributed by atoms with Gasteiger partial charge in [0.2, 0.25) is 0 Å². The predicted molar refractivity (Wildman–Crippen MR) is 133 cm³/mol. The van der Waals surface area contributed by atoms with E-state index < -0.39 is 0 Å². The van der Waals surface area contributed by atoms with Crippen LogP contribution in [0.25, 0.3) is 5.69 Å². The van der Waals surface area contributed by atoms with Crippen molar-refractivity contribution in [3.8, 4) is 5.69 Å². The second-order valence-electron chi connectivity index (χ2n) is 6.68. The molecule has 2 aromatic carbocycles. The number of nitrogens with one attached hydrogen (secondary N) is 2. The van der Waals surface area contributed by atoms with Crippen LogP contribution in [-0.2, 0) is 17.7 Å². The van der Waals surface area contributed by atoms with Gasteiger partial charge < -0.3 is 15.4 Å². The molecule has 1 aromatic heterocycles. The molecular formula is C23H28IN5O2. The summed E-state index contributed by atoms with van der Waals surface area (Å²) in [6.45, 7) is 4.12. The third-order valence-corrected chi connectivity index (χ3v) is 4.55. The van der Waals surface area contributed by atoms with Crippen LogP contribution in [0.2, 0.25) is 0 Å². The maximum Gasteiger partial charge on any atom is 0.337 e. The van der Waals surface area contributed by atoms with Crippen molar-refractivity contribution >= 4 is 35.9 Å². The molecule has 0 unspecified atom stereocenters. The van der Waals surface area contributed by atoms with Gasteiger partial charge in [-0.3, -0.25) is 0 Å². The van der Waals surface area contributed by atoms with E-state index in [4.69, 9.17) is 4.74 Å². The van der Waals surface area contributed by atoms with Crippen LogP contribution >= 0.6 is 24.0 Å².